The molecule has 2 N–H and O–H groups in total. The van der Waals surface area contributed by atoms with Crippen molar-refractivity contribution in [1.29, 1.82) is 0 Å². The van der Waals surface area contributed by atoms with Crippen LogP contribution in [0.5, 0.6) is 0 Å². The summed E-state index contributed by atoms with van der Waals surface area (Å²) in [6, 6.07) is 19.3. The monoisotopic (exact) mass is 287 g/mol. The lowest BCUT2D eigenvalue weighted by atomic mass is 9.99. The second-order valence-corrected chi connectivity index (χ2v) is 5.34. The zero-order valence-electron chi connectivity index (χ0n) is 12.4. The average molecular weight is 287 g/mol. The van der Waals surface area contributed by atoms with E-state index in [1.807, 2.05) is 24.3 Å². The highest BCUT2D eigenvalue weighted by Gasteiger charge is 2.03. The van der Waals surface area contributed by atoms with Crippen LogP contribution in [0.15, 0.2) is 66.7 Å². The van der Waals surface area contributed by atoms with Crippen LogP contribution in [0, 0.1) is 6.92 Å². The number of hydrogen-bond acceptors (Lipinski definition) is 2. The number of rotatable bonds is 3. The molecule has 22 heavy (non-hydrogen) atoms. The van der Waals surface area contributed by atoms with Crippen molar-refractivity contribution in [2.75, 3.05) is 5.73 Å². The first-order chi connectivity index (χ1) is 10.6. The molecule has 0 amide bonds. The number of allylic oxidation sites excluding steroid dienone is 1. The first-order valence-electron chi connectivity index (χ1n) is 7.21. The quantitative estimate of drug-likeness (QED) is 0.433. The number of nitrogens with two attached hydrogens (primary N) is 1. The summed E-state index contributed by atoms with van der Waals surface area (Å²) >= 11 is 0. The van der Waals surface area contributed by atoms with E-state index in [1.165, 1.54) is 10.9 Å². The fraction of sp³-hybridized carbons (Fsp3) is 0.0500. The number of fused-ring (bicyclic) bond motifs is 1. The summed E-state index contributed by atoms with van der Waals surface area (Å²) in [5, 5.41) is 2.37. The molecule has 0 aromatic heterocycles. The zero-order valence-corrected chi connectivity index (χ0v) is 12.4. The molecule has 3 rings (SSSR count). The van der Waals surface area contributed by atoms with Crippen LogP contribution in [0.3, 0.4) is 0 Å². The van der Waals surface area contributed by atoms with Crippen molar-refractivity contribution in [2.24, 2.45) is 0 Å². The van der Waals surface area contributed by atoms with Gasteiger partial charge in [-0.15, -0.1) is 0 Å². The molecular weight excluding hydrogens is 270 g/mol. The van der Waals surface area contributed by atoms with Gasteiger partial charge in [-0.05, 0) is 59.2 Å². The van der Waals surface area contributed by atoms with E-state index < -0.39 is 0 Å². The average Bonchev–Trinajstić information content (AvgIpc) is 2.55. The summed E-state index contributed by atoms with van der Waals surface area (Å²) in [4.78, 5) is 12.2. The molecule has 0 heterocycles. The molecule has 0 saturated heterocycles. The van der Waals surface area contributed by atoms with Crippen LogP contribution in [0.2, 0.25) is 0 Å². The number of hydrogen-bond donors (Lipinski definition) is 1. The van der Waals surface area contributed by atoms with Crippen molar-refractivity contribution < 1.29 is 4.79 Å². The molecule has 2 heteroatoms. The van der Waals surface area contributed by atoms with E-state index >= 15 is 0 Å². The van der Waals surface area contributed by atoms with E-state index in [0.717, 1.165) is 10.9 Å². The molecule has 108 valence electrons. The third-order valence-corrected chi connectivity index (χ3v) is 3.79. The zero-order chi connectivity index (χ0) is 15.5. The molecular formula is C20H17NO. The van der Waals surface area contributed by atoms with Gasteiger partial charge in [0.05, 0.1) is 0 Å². The Kier molecular flexibility index (Phi) is 3.75. The maximum absolute atomic E-state index is 12.2. The minimum atomic E-state index is -0.0235. The maximum atomic E-state index is 12.2. The second-order valence-electron chi connectivity index (χ2n) is 5.34. The molecule has 0 aliphatic heterocycles. The SMILES string of the molecule is Cc1ccc(/C=C/C(=O)c2ccc(N)cc2)c2ccccc12. The smallest absolute Gasteiger partial charge is 0.185 e. The summed E-state index contributed by atoms with van der Waals surface area (Å²) in [5.41, 5.74) is 9.22. The van der Waals surface area contributed by atoms with Crippen LogP contribution in [0.1, 0.15) is 21.5 Å². The number of ketones is 1. The lowest BCUT2D eigenvalue weighted by Gasteiger charge is -2.05. The number of carbonyl (C=O) groups excluding carboxylic acids is 1. The third kappa shape index (κ3) is 2.77. The molecule has 0 aliphatic carbocycles. The molecule has 3 aromatic carbocycles. The highest BCUT2D eigenvalue weighted by molar-refractivity contribution is 6.08. The van der Waals surface area contributed by atoms with E-state index in [-0.39, 0.29) is 5.78 Å². The standard InChI is InChI=1S/C20H17NO/c1-14-6-7-15(19-5-3-2-4-18(14)19)10-13-20(22)16-8-11-17(21)12-9-16/h2-13H,21H2,1H3/b13-10+. The number of nitrogen functional groups attached to an aromatic ring is 1. The van der Waals surface area contributed by atoms with Crippen molar-refractivity contribution >= 4 is 28.3 Å². The van der Waals surface area contributed by atoms with Gasteiger partial charge in [-0.25, -0.2) is 0 Å². The Morgan fingerprint density at radius 2 is 1.59 bits per heavy atom. The van der Waals surface area contributed by atoms with E-state index in [1.54, 1.807) is 30.3 Å². The van der Waals surface area contributed by atoms with Crippen molar-refractivity contribution in [3.8, 4) is 0 Å². The van der Waals surface area contributed by atoms with Gasteiger partial charge < -0.3 is 5.73 Å². The Morgan fingerprint density at radius 1 is 0.909 bits per heavy atom. The summed E-state index contributed by atoms with van der Waals surface area (Å²) in [6.07, 6.45) is 3.49. The largest absolute Gasteiger partial charge is 0.399 e. The molecule has 0 radical (unpaired) electrons. The first-order valence-corrected chi connectivity index (χ1v) is 7.21. The molecule has 3 aromatic rings. The fourth-order valence-corrected chi connectivity index (χ4v) is 2.53. The predicted molar refractivity (Wildman–Crippen MR) is 92.9 cm³/mol. The van der Waals surface area contributed by atoms with E-state index in [0.29, 0.717) is 11.3 Å². The number of anilines is 1. The van der Waals surface area contributed by atoms with Crippen LogP contribution < -0.4 is 5.73 Å². The maximum Gasteiger partial charge on any atom is 0.185 e. The molecule has 0 atom stereocenters. The summed E-state index contributed by atoms with van der Waals surface area (Å²) < 4.78 is 0. The van der Waals surface area contributed by atoms with Gasteiger partial charge >= 0.3 is 0 Å². The Bertz CT molecular complexity index is 861. The Morgan fingerprint density at radius 3 is 2.32 bits per heavy atom. The number of carbonyl (C=O) groups is 1. The molecule has 0 unspecified atom stereocenters. The van der Waals surface area contributed by atoms with Crippen LogP contribution in [0.4, 0.5) is 5.69 Å². The van der Waals surface area contributed by atoms with E-state index in [4.69, 9.17) is 5.73 Å². The molecule has 0 spiro atoms. The van der Waals surface area contributed by atoms with Gasteiger partial charge in [0.25, 0.3) is 0 Å². The van der Waals surface area contributed by atoms with Crippen LogP contribution in [0.25, 0.3) is 16.8 Å². The van der Waals surface area contributed by atoms with Gasteiger partial charge in [-0.1, -0.05) is 42.5 Å². The van der Waals surface area contributed by atoms with Crippen molar-refractivity contribution in [2.45, 2.75) is 6.92 Å². The lowest BCUT2D eigenvalue weighted by Crippen LogP contribution is -1.94. The second kappa shape index (κ2) is 5.86. The summed E-state index contributed by atoms with van der Waals surface area (Å²) in [7, 11) is 0. The number of aryl methyl sites for hydroxylation is 1. The van der Waals surface area contributed by atoms with Gasteiger partial charge in [0.2, 0.25) is 0 Å². The van der Waals surface area contributed by atoms with Crippen LogP contribution >= 0.6 is 0 Å². The Balaban J connectivity index is 1.94. The van der Waals surface area contributed by atoms with Gasteiger partial charge in [0.15, 0.2) is 5.78 Å². The fourth-order valence-electron chi connectivity index (χ4n) is 2.53. The summed E-state index contributed by atoms with van der Waals surface area (Å²) in [6.45, 7) is 2.09. The third-order valence-electron chi connectivity index (χ3n) is 3.79. The molecule has 2 nitrogen and oxygen atoms in total. The van der Waals surface area contributed by atoms with E-state index in [9.17, 15) is 4.79 Å². The molecule has 0 fully saturated rings. The molecule has 0 saturated carbocycles. The van der Waals surface area contributed by atoms with Crippen molar-refractivity contribution in [3.63, 3.8) is 0 Å². The Labute approximate surface area is 129 Å². The molecule has 0 bridgehead atoms. The first kappa shape index (κ1) is 14.1. The lowest BCUT2D eigenvalue weighted by molar-refractivity contribution is 0.104. The van der Waals surface area contributed by atoms with Crippen LogP contribution in [-0.4, -0.2) is 5.78 Å². The topological polar surface area (TPSA) is 43.1 Å². The number of benzene rings is 3. The summed E-state index contributed by atoms with van der Waals surface area (Å²) in [5.74, 6) is -0.0235. The van der Waals surface area contributed by atoms with E-state index in [2.05, 4.69) is 25.1 Å². The van der Waals surface area contributed by atoms with Gasteiger partial charge in [-0.2, -0.15) is 0 Å². The van der Waals surface area contributed by atoms with Gasteiger partial charge in [-0.3, -0.25) is 4.79 Å². The predicted octanol–water partition coefficient (Wildman–Crippen LogP) is 4.63. The minimum Gasteiger partial charge on any atom is -0.399 e. The van der Waals surface area contributed by atoms with Crippen molar-refractivity contribution in [1.82, 2.24) is 0 Å². The normalized spacial score (nSPS) is 11.1. The van der Waals surface area contributed by atoms with Gasteiger partial charge in [0.1, 0.15) is 0 Å². The van der Waals surface area contributed by atoms with Gasteiger partial charge in [0, 0.05) is 11.3 Å². The highest BCUT2D eigenvalue weighted by Crippen LogP contribution is 2.23. The minimum absolute atomic E-state index is 0.0235. The Hall–Kier alpha value is -2.87. The van der Waals surface area contributed by atoms with Crippen LogP contribution in [-0.2, 0) is 0 Å². The van der Waals surface area contributed by atoms with Crippen molar-refractivity contribution in [3.05, 3.63) is 83.4 Å². The molecule has 0 aliphatic rings. The highest BCUT2D eigenvalue weighted by atomic mass is 16.1.